The Bertz CT molecular complexity index is 268. The Morgan fingerprint density at radius 1 is 1.06 bits per heavy atom. The molecule has 0 amide bonds. The maximum atomic E-state index is 9.63. The van der Waals surface area contributed by atoms with E-state index in [1.807, 2.05) is 0 Å². The van der Waals surface area contributed by atoms with Gasteiger partial charge in [0.1, 0.15) is 0 Å². The van der Waals surface area contributed by atoms with Gasteiger partial charge in [0.15, 0.2) is 0 Å². The standard InChI is InChI=1S/C13H23NO3/c15-11-8-14(9-12(11)16)10-3-6-17-13(7-10)4-1-2-5-13/h10-12,15-16H,1-9H2/t10?,11-,12+. The van der Waals surface area contributed by atoms with Crippen molar-refractivity contribution in [2.24, 2.45) is 0 Å². The minimum Gasteiger partial charge on any atom is -0.389 e. The molecule has 2 aliphatic heterocycles. The van der Waals surface area contributed by atoms with Gasteiger partial charge in [-0.15, -0.1) is 0 Å². The first-order valence-electron chi connectivity index (χ1n) is 6.93. The average molecular weight is 241 g/mol. The highest BCUT2D eigenvalue weighted by Gasteiger charge is 2.43. The highest BCUT2D eigenvalue weighted by atomic mass is 16.5. The van der Waals surface area contributed by atoms with Crippen LogP contribution in [-0.2, 0) is 4.74 Å². The minimum absolute atomic E-state index is 0.126. The van der Waals surface area contributed by atoms with Gasteiger partial charge in [0.25, 0.3) is 0 Å². The number of β-amino-alcohol motifs (C(OH)–C–C–N with tert-alkyl or cyclic N) is 2. The number of hydrogen-bond acceptors (Lipinski definition) is 4. The van der Waals surface area contributed by atoms with Crippen molar-refractivity contribution in [3.63, 3.8) is 0 Å². The molecular weight excluding hydrogens is 218 g/mol. The SMILES string of the molecule is O[C@@H]1CN(C2CCOC3(CCCC3)C2)C[C@@H]1O. The fourth-order valence-electron chi connectivity index (χ4n) is 3.78. The first-order valence-corrected chi connectivity index (χ1v) is 6.93. The minimum atomic E-state index is -0.558. The van der Waals surface area contributed by atoms with Gasteiger partial charge in [-0.1, -0.05) is 12.8 Å². The maximum Gasteiger partial charge on any atom is 0.0938 e. The summed E-state index contributed by atoms with van der Waals surface area (Å²) >= 11 is 0. The summed E-state index contributed by atoms with van der Waals surface area (Å²) in [4.78, 5) is 2.26. The van der Waals surface area contributed by atoms with E-state index < -0.39 is 12.2 Å². The van der Waals surface area contributed by atoms with Crippen molar-refractivity contribution in [3.8, 4) is 0 Å². The molecule has 2 N–H and O–H groups in total. The van der Waals surface area contributed by atoms with E-state index in [9.17, 15) is 10.2 Å². The van der Waals surface area contributed by atoms with E-state index in [1.54, 1.807) is 0 Å². The number of aliphatic hydroxyl groups is 2. The molecular formula is C13H23NO3. The zero-order valence-electron chi connectivity index (χ0n) is 10.3. The monoisotopic (exact) mass is 241 g/mol. The first kappa shape index (κ1) is 11.9. The molecule has 2 heterocycles. The Labute approximate surface area is 103 Å². The summed E-state index contributed by atoms with van der Waals surface area (Å²) < 4.78 is 6.02. The molecule has 4 heteroatoms. The second kappa shape index (κ2) is 4.50. The number of likely N-dealkylation sites (tertiary alicyclic amines) is 1. The normalized spacial score (nSPS) is 42.4. The van der Waals surface area contributed by atoms with Gasteiger partial charge in [0.05, 0.1) is 17.8 Å². The quantitative estimate of drug-likeness (QED) is 0.702. The van der Waals surface area contributed by atoms with E-state index in [1.165, 1.54) is 25.7 Å². The lowest BCUT2D eigenvalue weighted by Crippen LogP contribution is -2.47. The van der Waals surface area contributed by atoms with Gasteiger partial charge in [-0.05, 0) is 25.7 Å². The van der Waals surface area contributed by atoms with Crippen LogP contribution in [0.15, 0.2) is 0 Å². The number of aliphatic hydroxyl groups excluding tert-OH is 2. The number of nitrogens with zero attached hydrogens (tertiary/aromatic N) is 1. The van der Waals surface area contributed by atoms with Crippen LogP contribution >= 0.6 is 0 Å². The van der Waals surface area contributed by atoms with Crippen LogP contribution in [0.4, 0.5) is 0 Å². The predicted molar refractivity (Wildman–Crippen MR) is 63.8 cm³/mol. The van der Waals surface area contributed by atoms with E-state index in [0.29, 0.717) is 19.1 Å². The summed E-state index contributed by atoms with van der Waals surface area (Å²) in [5.74, 6) is 0. The van der Waals surface area contributed by atoms with E-state index in [2.05, 4.69) is 4.90 Å². The molecule has 17 heavy (non-hydrogen) atoms. The molecule has 3 rings (SSSR count). The largest absolute Gasteiger partial charge is 0.389 e. The molecule has 0 aromatic heterocycles. The number of hydrogen-bond donors (Lipinski definition) is 2. The lowest BCUT2D eigenvalue weighted by molar-refractivity contribution is -0.100. The summed E-state index contributed by atoms with van der Waals surface area (Å²) in [5.41, 5.74) is 0.126. The lowest BCUT2D eigenvalue weighted by Gasteiger charge is -2.41. The molecule has 0 aromatic rings. The Morgan fingerprint density at radius 2 is 1.71 bits per heavy atom. The molecule has 1 spiro atoms. The second-order valence-electron chi connectivity index (χ2n) is 5.97. The van der Waals surface area contributed by atoms with Crippen LogP contribution in [-0.4, -0.2) is 58.7 Å². The second-order valence-corrected chi connectivity index (χ2v) is 5.97. The van der Waals surface area contributed by atoms with Crippen LogP contribution < -0.4 is 0 Å². The van der Waals surface area contributed by atoms with E-state index in [4.69, 9.17) is 4.74 Å². The Morgan fingerprint density at radius 3 is 2.35 bits per heavy atom. The summed E-state index contributed by atoms with van der Waals surface area (Å²) in [7, 11) is 0. The van der Waals surface area contributed by atoms with Gasteiger partial charge in [-0.25, -0.2) is 0 Å². The Hall–Kier alpha value is -0.160. The molecule has 0 radical (unpaired) electrons. The molecule has 3 fully saturated rings. The Balaban J connectivity index is 1.64. The molecule has 1 saturated carbocycles. The third-order valence-corrected chi connectivity index (χ3v) is 4.79. The van der Waals surface area contributed by atoms with Crippen LogP contribution in [0.2, 0.25) is 0 Å². The maximum absolute atomic E-state index is 9.63. The zero-order chi connectivity index (χ0) is 11.9. The topological polar surface area (TPSA) is 52.9 Å². The fourth-order valence-corrected chi connectivity index (χ4v) is 3.78. The Kier molecular flexibility index (Phi) is 3.15. The van der Waals surface area contributed by atoms with Gasteiger partial charge in [0, 0.05) is 25.7 Å². The molecule has 3 atom stereocenters. The smallest absolute Gasteiger partial charge is 0.0938 e. The molecule has 4 nitrogen and oxygen atoms in total. The summed E-state index contributed by atoms with van der Waals surface area (Å²) in [6.07, 6.45) is 5.99. The fraction of sp³-hybridized carbons (Fsp3) is 1.00. The van der Waals surface area contributed by atoms with Gasteiger partial charge < -0.3 is 14.9 Å². The van der Waals surface area contributed by atoms with E-state index >= 15 is 0 Å². The van der Waals surface area contributed by atoms with Crippen LogP contribution in [0.3, 0.4) is 0 Å². The first-order chi connectivity index (χ1) is 8.19. The van der Waals surface area contributed by atoms with Crippen molar-refractivity contribution in [2.45, 2.75) is 62.4 Å². The van der Waals surface area contributed by atoms with Crippen molar-refractivity contribution in [3.05, 3.63) is 0 Å². The summed E-state index contributed by atoms with van der Waals surface area (Å²) in [5, 5.41) is 19.3. The van der Waals surface area contributed by atoms with Crippen molar-refractivity contribution in [1.29, 1.82) is 0 Å². The molecule has 0 bridgehead atoms. The predicted octanol–water partition coefficient (Wildman–Crippen LogP) is 0.516. The molecule has 2 saturated heterocycles. The summed E-state index contributed by atoms with van der Waals surface area (Å²) in [6.45, 7) is 2.09. The average Bonchev–Trinajstić information content (AvgIpc) is 2.88. The lowest BCUT2D eigenvalue weighted by atomic mass is 9.88. The zero-order valence-corrected chi connectivity index (χ0v) is 10.3. The van der Waals surface area contributed by atoms with Crippen LogP contribution in [0.1, 0.15) is 38.5 Å². The van der Waals surface area contributed by atoms with Crippen molar-refractivity contribution >= 4 is 0 Å². The van der Waals surface area contributed by atoms with Gasteiger partial charge in [-0.3, -0.25) is 4.90 Å². The third kappa shape index (κ3) is 2.24. The number of rotatable bonds is 1. The number of ether oxygens (including phenoxy) is 1. The summed E-state index contributed by atoms with van der Waals surface area (Å²) in [6, 6.07) is 0.494. The molecule has 3 aliphatic rings. The van der Waals surface area contributed by atoms with Crippen LogP contribution in [0, 0.1) is 0 Å². The van der Waals surface area contributed by atoms with Crippen molar-refractivity contribution < 1.29 is 14.9 Å². The van der Waals surface area contributed by atoms with Gasteiger partial charge >= 0.3 is 0 Å². The van der Waals surface area contributed by atoms with Crippen LogP contribution in [0.5, 0.6) is 0 Å². The van der Waals surface area contributed by atoms with E-state index in [-0.39, 0.29) is 5.60 Å². The highest BCUT2D eigenvalue weighted by molar-refractivity contribution is 4.97. The molecule has 1 aliphatic carbocycles. The molecule has 98 valence electrons. The van der Waals surface area contributed by atoms with E-state index in [0.717, 1.165) is 19.4 Å². The van der Waals surface area contributed by atoms with Gasteiger partial charge in [-0.2, -0.15) is 0 Å². The van der Waals surface area contributed by atoms with Crippen LogP contribution in [0.25, 0.3) is 0 Å². The molecule has 1 unspecified atom stereocenters. The van der Waals surface area contributed by atoms with Gasteiger partial charge in [0.2, 0.25) is 0 Å². The third-order valence-electron chi connectivity index (χ3n) is 4.79. The van der Waals surface area contributed by atoms with Crippen molar-refractivity contribution in [1.82, 2.24) is 4.90 Å². The highest BCUT2D eigenvalue weighted by Crippen LogP contribution is 2.41. The molecule has 0 aromatic carbocycles. The van der Waals surface area contributed by atoms with Crippen molar-refractivity contribution in [2.75, 3.05) is 19.7 Å².